The van der Waals surface area contributed by atoms with Gasteiger partial charge in [0.25, 0.3) is 0 Å². The monoisotopic (exact) mass is 310 g/mol. The molecule has 0 radical (unpaired) electrons. The summed E-state index contributed by atoms with van der Waals surface area (Å²) in [5, 5.41) is 3.94. The Hall–Kier alpha value is -2.11. The molecule has 1 aromatic rings. The minimum atomic E-state index is -0.0455. The number of carbonyl (C=O) groups is 1. The van der Waals surface area contributed by atoms with Gasteiger partial charge in [-0.05, 0) is 11.4 Å². The third kappa shape index (κ3) is 3.15. The first-order chi connectivity index (χ1) is 10.1. The van der Waals surface area contributed by atoms with Crippen LogP contribution in [-0.4, -0.2) is 33.2 Å². The van der Waals surface area contributed by atoms with E-state index < -0.39 is 0 Å². The highest BCUT2D eigenvalue weighted by atomic mass is 35.5. The van der Waals surface area contributed by atoms with Crippen LogP contribution < -0.4 is 14.4 Å². The van der Waals surface area contributed by atoms with Gasteiger partial charge in [0.2, 0.25) is 5.91 Å². The van der Waals surface area contributed by atoms with Gasteiger partial charge in [-0.1, -0.05) is 16.7 Å². The van der Waals surface area contributed by atoms with Gasteiger partial charge in [0, 0.05) is 36.6 Å². The van der Waals surface area contributed by atoms with Crippen LogP contribution in [0, 0.1) is 5.92 Å². The minimum Gasteiger partial charge on any atom is -0.495 e. The zero-order chi connectivity index (χ0) is 15.4. The van der Waals surface area contributed by atoms with Gasteiger partial charge in [-0.25, -0.2) is 0 Å². The number of halogens is 1. The largest absolute Gasteiger partial charge is 0.495 e. The first-order valence-corrected chi connectivity index (χ1v) is 6.71. The lowest BCUT2D eigenvalue weighted by atomic mass is 10.1. The Morgan fingerprint density at radius 2 is 2.14 bits per heavy atom. The third-order valence-electron chi connectivity index (χ3n) is 3.35. The first kappa shape index (κ1) is 15.3. The van der Waals surface area contributed by atoms with Crippen molar-refractivity contribution < 1.29 is 14.3 Å². The van der Waals surface area contributed by atoms with E-state index in [0.29, 0.717) is 41.7 Å². The standard InChI is InChI=1S/C13H15ClN4O3/c1-20-11-5-10(12(21-2)4-9(11)14)18-7-8(3-13(18)19)6-16-17-15/h4-5,8H,3,6-7H2,1-2H3. The highest BCUT2D eigenvalue weighted by molar-refractivity contribution is 6.32. The van der Waals surface area contributed by atoms with Gasteiger partial charge < -0.3 is 14.4 Å². The molecule has 1 unspecified atom stereocenters. The zero-order valence-corrected chi connectivity index (χ0v) is 12.5. The maximum absolute atomic E-state index is 12.2. The number of azide groups is 1. The van der Waals surface area contributed by atoms with Crippen LogP contribution in [0.5, 0.6) is 11.5 Å². The summed E-state index contributed by atoms with van der Waals surface area (Å²) >= 11 is 6.06. The summed E-state index contributed by atoms with van der Waals surface area (Å²) in [5.41, 5.74) is 8.97. The van der Waals surface area contributed by atoms with Crippen LogP contribution >= 0.6 is 11.6 Å². The molecule has 1 aliphatic heterocycles. The molecule has 0 saturated carbocycles. The summed E-state index contributed by atoms with van der Waals surface area (Å²) in [6, 6.07) is 3.29. The molecule has 1 saturated heterocycles. The zero-order valence-electron chi connectivity index (χ0n) is 11.7. The maximum Gasteiger partial charge on any atom is 0.227 e. The van der Waals surface area contributed by atoms with E-state index in [2.05, 4.69) is 10.0 Å². The fourth-order valence-corrected chi connectivity index (χ4v) is 2.57. The van der Waals surface area contributed by atoms with Crippen molar-refractivity contribution in [1.82, 2.24) is 0 Å². The van der Waals surface area contributed by atoms with Crippen molar-refractivity contribution in [3.05, 3.63) is 27.6 Å². The van der Waals surface area contributed by atoms with Crippen LogP contribution in [0.3, 0.4) is 0 Å². The Bertz CT molecular complexity index is 601. The summed E-state index contributed by atoms with van der Waals surface area (Å²) in [6.45, 7) is 0.769. The summed E-state index contributed by atoms with van der Waals surface area (Å²) in [6.07, 6.45) is 0.340. The molecule has 1 atom stereocenters. The minimum absolute atomic E-state index is 0.000205. The van der Waals surface area contributed by atoms with Crippen molar-refractivity contribution in [3.63, 3.8) is 0 Å². The van der Waals surface area contributed by atoms with E-state index in [4.69, 9.17) is 26.6 Å². The van der Waals surface area contributed by atoms with E-state index in [1.165, 1.54) is 14.2 Å². The third-order valence-corrected chi connectivity index (χ3v) is 3.65. The average Bonchev–Trinajstić information content (AvgIpc) is 2.85. The number of hydrogen-bond donors (Lipinski definition) is 0. The van der Waals surface area contributed by atoms with Gasteiger partial charge in [0.15, 0.2) is 0 Å². The fourth-order valence-electron chi connectivity index (χ4n) is 2.34. The van der Waals surface area contributed by atoms with Gasteiger partial charge in [-0.15, -0.1) is 0 Å². The number of ether oxygens (including phenoxy) is 2. The van der Waals surface area contributed by atoms with Crippen molar-refractivity contribution in [1.29, 1.82) is 0 Å². The van der Waals surface area contributed by atoms with Gasteiger partial charge >= 0.3 is 0 Å². The molecule has 112 valence electrons. The van der Waals surface area contributed by atoms with Crippen LogP contribution in [0.15, 0.2) is 17.2 Å². The van der Waals surface area contributed by atoms with Crippen molar-refractivity contribution >= 4 is 23.2 Å². The molecule has 21 heavy (non-hydrogen) atoms. The quantitative estimate of drug-likeness (QED) is 0.476. The van der Waals surface area contributed by atoms with Gasteiger partial charge in [-0.2, -0.15) is 0 Å². The van der Waals surface area contributed by atoms with E-state index in [0.717, 1.165) is 0 Å². The normalized spacial score (nSPS) is 17.6. The Morgan fingerprint density at radius 1 is 1.43 bits per heavy atom. The van der Waals surface area contributed by atoms with Gasteiger partial charge in [0.1, 0.15) is 11.5 Å². The highest BCUT2D eigenvalue weighted by Gasteiger charge is 2.32. The number of nitrogens with zero attached hydrogens (tertiary/aromatic N) is 4. The number of rotatable bonds is 5. The topological polar surface area (TPSA) is 87.5 Å². The number of anilines is 1. The van der Waals surface area contributed by atoms with E-state index in [1.54, 1.807) is 17.0 Å². The molecule has 0 aromatic heterocycles. The molecular weight excluding hydrogens is 296 g/mol. The van der Waals surface area contributed by atoms with E-state index >= 15 is 0 Å². The lowest BCUT2D eigenvalue weighted by Crippen LogP contribution is -2.25. The van der Waals surface area contributed by atoms with Gasteiger partial charge in [0.05, 0.1) is 24.9 Å². The maximum atomic E-state index is 12.2. The van der Waals surface area contributed by atoms with Crippen molar-refractivity contribution in [2.75, 3.05) is 32.2 Å². The molecule has 0 N–H and O–H groups in total. The number of carbonyl (C=O) groups excluding carboxylic acids is 1. The summed E-state index contributed by atoms with van der Waals surface area (Å²) in [7, 11) is 3.02. The number of hydrogen-bond acceptors (Lipinski definition) is 4. The number of amides is 1. The second-order valence-electron chi connectivity index (χ2n) is 4.65. The Labute approximate surface area is 127 Å². The molecule has 0 bridgehead atoms. The predicted molar refractivity (Wildman–Crippen MR) is 79.0 cm³/mol. The smallest absolute Gasteiger partial charge is 0.227 e. The SMILES string of the molecule is COc1cc(N2CC(CN=[N+]=[N-])CC2=O)c(OC)cc1Cl. The van der Waals surface area contributed by atoms with Crippen LogP contribution in [0.4, 0.5) is 5.69 Å². The number of benzene rings is 1. The van der Waals surface area contributed by atoms with Gasteiger partial charge in [-0.3, -0.25) is 4.79 Å². The van der Waals surface area contributed by atoms with Crippen LogP contribution in [0.25, 0.3) is 10.4 Å². The summed E-state index contributed by atoms with van der Waals surface area (Å²) < 4.78 is 10.5. The average molecular weight is 311 g/mol. The predicted octanol–water partition coefficient (Wildman–Crippen LogP) is 3.02. The Balaban J connectivity index is 2.32. The molecular formula is C13H15ClN4O3. The van der Waals surface area contributed by atoms with E-state index in [-0.39, 0.29) is 11.8 Å². The molecule has 1 amide bonds. The second kappa shape index (κ2) is 6.56. The molecule has 1 aliphatic rings. The summed E-state index contributed by atoms with van der Waals surface area (Å²) in [4.78, 5) is 16.5. The molecule has 8 heteroatoms. The van der Waals surface area contributed by atoms with E-state index in [9.17, 15) is 4.79 Å². The molecule has 1 heterocycles. The van der Waals surface area contributed by atoms with Crippen LogP contribution in [0.2, 0.25) is 5.02 Å². The second-order valence-corrected chi connectivity index (χ2v) is 5.05. The van der Waals surface area contributed by atoms with Crippen LogP contribution in [-0.2, 0) is 4.79 Å². The first-order valence-electron chi connectivity index (χ1n) is 6.33. The van der Waals surface area contributed by atoms with Crippen molar-refractivity contribution in [2.45, 2.75) is 6.42 Å². The summed E-state index contributed by atoms with van der Waals surface area (Å²) in [5.74, 6) is 0.924. The fraction of sp³-hybridized carbons (Fsp3) is 0.462. The lowest BCUT2D eigenvalue weighted by Gasteiger charge is -2.21. The van der Waals surface area contributed by atoms with Crippen molar-refractivity contribution in [3.8, 4) is 11.5 Å². The Morgan fingerprint density at radius 3 is 2.76 bits per heavy atom. The molecule has 1 aromatic carbocycles. The Kier molecular flexibility index (Phi) is 4.77. The molecule has 0 spiro atoms. The van der Waals surface area contributed by atoms with Crippen molar-refractivity contribution in [2.24, 2.45) is 11.0 Å². The molecule has 0 aliphatic carbocycles. The lowest BCUT2D eigenvalue weighted by molar-refractivity contribution is -0.117. The molecule has 1 fully saturated rings. The highest BCUT2D eigenvalue weighted by Crippen LogP contribution is 2.40. The van der Waals surface area contributed by atoms with Crippen LogP contribution in [0.1, 0.15) is 6.42 Å². The number of methoxy groups -OCH3 is 2. The molecule has 2 rings (SSSR count). The van der Waals surface area contributed by atoms with E-state index in [1.807, 2.05) is 0 Å². The molecule has 7 nitrogen and oxygen atoms in total.